The Kier molecular flexibility index (Phi) is 6.76. The lowest BCUT2D eigenvalue weighted by molar-refractivity contribution is -0.125. The van der Waals surface area contributed by atoms with Gasteiger partial charge in [0.05, 0.1) is 20.3 Å². The van der Waals surface area contributed by atoms with Crippen molar-refractivity contribution in [1.29, 1.82) is 0 Å². The van der Waals surface area contributed by atoms with Crippen LogP contribution in [0.2, 0.25) is 0 Å². The van der Waals surface area contributed by atoms with Gasteiger partial charge < -0.3 is 14.8 Å². The van der Waals surface area contributed by atoms with Gasteiger partial charge in [-0.2, -0.15) is 0 Å². The number of hydrogen-bond acceptors (Lipinski definition) is 4. The van der Waals surface area contributed by atoms with Crippen molar-refractivity contribution < 1.29 is 18.7 Å². The van der Waals surface area contributed by atoms with E-state index in [0.717, 1.165) is 44.2 Å². The van der Waals surface area contributed by atoms with Gasteiger partial charge in [0.25, 0.3) is 0 Å². The maximum Gasteiger partial charge on any atom is 0.223 e. The van der Waals surface area contributed by atoms with Crippen LogP contribution in [0.5, 0.6) is 11.5 Å². The van der Waals surface area contributed by atoms with Gasteiger partial charge in [0.1, 0.15) is 5.82 Å². The third-order valence-corrected chi connectivity index (χ3v) is 6.64. The second-order valence-corrected chi connectivity index (χ2v) is 8.46. The van der Waals surface area contributed by atoms with Gasteiger partial charge in [0, 0.05) is 31.1 Å². The van der Waals surface area contributed by atoms with E-state index in [1.54, 1.807) is 20.3 Å². The highest BCUT2D eigenvalue weighted by Gasteiger charge is 2.31. The number of ether oxygens (including phenoxy) is 2. The molecule has 6 heteroatoms. The van der Waals surface area contributed by atoms with Crippen molar-refractivity contribution in [3.8, 4) is 11.5 Å². The Morgan fingerprint density at radius 1 is 1.13 bits per heavy atom. The molecule has 31 heavy (non-hydrogen) atoms. The Hall–Kier alpha value is -2.60. The summed E-state index contributed by atoms with van der Waals surface area (Å²) in [7, 11) is 3.26. The first-order chi connectivity index (χ1) is 15.1. The van der Waals surface area contributed by atoms with Crippen LogP contribution in [0, 0.1) is 11.7 Å². The Morgan fingerprint density at radius 3 is 2.55 bits per heavy atom. The summed E-state index contributed by atoms with van der Waals surface area (Å²) in [5, 5.41) is 3.19. The first-order valence-corrected chi connectivity index (χ1v) is 11.1. The molecule has 2 aromatic rings. The van der Waals surface area contributed by atoms with Crippen LogP contribution in [0.1, 0.15) is 48.4 Å². The van der Waals surface area contributed by atoms with Crippen molar-refractivity contribution in [1.82, 2.24) is 10.2 Å². The molecule has 1 heterocycles. The van der Waals surface area contributed by atoms with E-state index < -0.39 is 0 Å². The molecule has 5 nitrogen and oxygen atoms in total. The fourth-order valence-corrected chi connectivity index (χ4v) is 4.88. The van der Waals surface area contributed by atoms with E-state index in [1.807, 2.05) is 24.3 Å². The van der Waals surface area contributed by atoms with Gasteiger partial charge in [0.2, 0.25) is 5.91 Å². The third kappa shape index (κ3) is 4.69. The van der Waals surface area contributed by atoms with Gasteiger partial charge in [-0.15, -0.1) is 0 Å². The summed E-state index contributed by atoms with van der Waals surface area (Å²) in [6.45, 7) is 1.76. The minimum atomic E-state index is -0.200. The molecule has 1 saturated carbocycles. The Balaban J connectivity index is 1.61. The molecule has 1 amide bonds. The number of benzene rings is 2. The number of halogens is 1. The van der Waals surface area contributed by atoms with Crippen LogP contribution in [0.3, 0.4) is 0 Å². The topological polar surface area (TPSA) is 50.8 Å². The highest BCUT2D eigenvalue weighted by atomic mass is 19.1. The average Bonchev–Trinajstić information content (AvgIpc) is 3.33. The quantitative estimate of drug-likeness (QED) is 0.719. The van der Waals surface area contributed by atoms with Crippen molar-refractivity contribution in [2.24, 2.45) is 5.92 Å². The normalized spacial score (nSPS) is 19.1. The molecule has 1 fully saturated rings. The van der Waals surface area contributed by atoms with E-state index >= 15 is 0 Å². The van der Waals surface area contributed by atoms with Gasteiger partial charge in [-0.1, -0.05) is 31.0 Å². The smallest absolute Gasteiger partial charge is 0.223 e. The van der Waals surface area contributed by atoms with Crippen molar-refractivity contribution in [3.63, 3.8) is 0 Å². The molecule has 2 aromatic carbocycles. The zero-order valence-electron chi connectivity index (χ0n) is 18.3. The summed E-state index contributed by atoms with van der Waals surface area (Å²) < 4.78 is 25.4. The molecule has 1 aliphatic carbocycles. The Bertz CT molecular complexity index is 927. The molecule has 0 spiro atoms. The molecule has 0 aromatic heterocycles. The zero-order valence-corrected chi connectivity index (χ0v) is 18.3. The predicted octanol–water partition coefficient (Wildman–Crippen LogP) is 4.25. The van der Waals surface area contributed by atoms with E-state index in [0.29, 0.717) is 30.2 Å². The molecular weight excluding hydrogens is 395 g/mol. The lowest BCUT2D eigenvalue weighted by Gasteiger charge is -2.38. The van der Waals surface area contributed by atoms with Crippen molar-refractivity contribution in [2.75, 3.05) is 27.3 Å². The van der Waals surface area contributed by atoms with Crippen molar-refractivity contribution in [3.05, 3.63) is 58.9 Å². The minimum absolute atomic E-state index is 0.0616. The van der Waals surface area contributed by atoms with Gasteiger partial charge in [-0.25, -0.2) is 4.39 Å². The number of carbonyl (C=O) groups excluding carboxylic acids is 1. The van der Waals surface area contributed by atoms with Gasteiger partial charge in [-0.05, 0) is 48.6 Å². The summed E-state index contributed by atoms with van der Waals surface area (Å²) in [5.74, 6) is 1.43. The molecule has 0 bridgehead atoms. The summed E-state index contributed by atoms with van der Waals surface area (Å²) in [4.78, 5) is 15.0. The van der Waals surface area contributed by atoms with Crippen LogP contribution >= 0.6 is 0 Å². The summed E-state index contributed by atoms with van der Waals surface area (Å²) in [6.07, 6.45) is 5.02. The lowest BCUT2D eigenvalue weighted by Crippen LogP contribution is -2.43. The maximum atomic E-state index is 14.4. The fourth-order valence-electron chi connectivity index (χ4n) is 4.88. The molecule has 0 radical (unpaired) electrons. The monoisotopic (exact) mass is 426 g/mol. The first-order valence-electron chi connectivity index (χ1n) is 11.1. The van der Waals surface area contributed by atoms with E-state index in [9.17, 15) is 9.18 Å². The molecule has 0 unspecified atom stereocenters. The highest BCUT2D eigenvalue weighted by molar-refractivity contribution is 5.78. The summed E-state index contributed by atoms with van der Waals surface area (Å²) in [6, 6.07) is 10.9. The van der Waals surface area contributed by atoms with Crippen LogP contribution in [0.25, 0.3) is 0 Å². The fraction of sp³-hybridized carbons (Fsp3) is 0.480. The number of nitrogens with one attached hydrogen (secondary N) is 1. The van der Waals surface area contributed by atoms with Crippen LogP contribution in [0.15, 0.2) is 36.4 Å². The van der Waals surface area contributed by atoms with E-state index in [-0.39, 0.29) is 23.7 Å². The molecule has 1 N–H and O–H groups in total. The number of amides is 1. The minimum Gasteiger partial charge on any atom is -0.493 e. The standard InChI is InChI=1S/C25H31FN2O3/c1-30-23-13-18-11-12-28(16-19-9-5-6-10-21(19)26)22(20(18)14-24(23)31-2)15-27-25(29)17-7-3-4-8-17/h5-6,9-10,13-14,17,22H,3-4,7-8,11-12,15-16H2,1-2H3,(H,27,29)/t22-/m0/s1. The molecule has 2 aliphatic rings. The number of carbonyl (C=O) groups is 1. The van der Waals surface area contributed by atoms with Crippen LogP contribution in [0.4, 0.5) is 4.39 Å². The highest BCUT2D eigenvalue weighted by Crippen LogP contribution is 2.38. The second-order valence-electron chi connectivity index (χ2n) is 8.46. The molecule has 1 aliphatic heterocycles. The van der Waals surface area contributed by atoms with E-state index in [1.165, 1.54) is 11.6 Å². The van der Waals surface area contributed by atoms with Crippen LogP contribution in [-0.4, -0.2) is 38.1 Å². The number of rotatable bonds is 7. The largest absolute Gasteiger partial charge is 0.493 e. The molecule has 4 rings (SSSR count). The summed E-state index contributed by atoms with van der Waals surface area (Å²) >= 11 is 0. The Labute approximate surface area is 183 Å². The SMILES string of the molecule is COc1cc2c(cc1OC)[C@H](CNC(=O)C1CCCC1)N(Cc1ccccc1F)CC2. The number of hydrogen-bond donors (Lipinski definition) is 1. The number of nitrogens with zero attached hydrogens (tertiary/aromatic N) is 1. The van der Waals surface area contributed by atoms with Crippen molar-refractivity contribution >= 4 is 5.91 Å². The lowest BCUT2D eigenvalue weighted by atomic mass is 9.91. The van der Waals surface area contributed by atoms with Gasteiger partial charge in [-0.3, -0.25) is 9.69 Å². The van der Waals surface area contributed by atoms with E-state index in [2.05, 4.69) is 10.2 Å². The third-order valence-electron chi connectivity index (χ3n) is 6.64. The zero-order chi connectivity index (χ0) is 21.8. The van der Waals surface area contributed by atoms with Gasteiger partial charge >= 0.3 is 0 Å². The average molecular weight is 427 g/mol. The predicted molar refractivity (Wildman–Crippen MR) is 118 cm³/mol. The second kappa shape index (κ2) is 9.69. The molecule has 166 valence electrons. The molecular formula is C25H31FN2O3. The van der Waals surface area contributed by atoms with Crippen LogP contribution < -0.4 is 14.8 Å². The van der Waals surface area contributed by atoms with Gasteiger partial charge in [0.15, 0.2) is 11.5 Å². The molecule has 0 saturated heterocycles. The van der Waals surface area contributed by atoms with Crippen molar-refractivity contribution in [2.45, 2.75) is 44.7 Å². The maximum absolute atomic E-state index is 14.4. The number of fused-ring (bicyclic) bond motifs is 1. The Morgan fingerprint density at radius 2 is 1.84 bits per heavy atom. The molecule has 1 atom stereocenters. The first kappa shape index (κ1) is 21.6. The number of methoxy groups -OCH3 is 2. The van der Waals surface area contributed by atoms with E-state index in [4.69, 9.17) is 9.47 Å². The van der Waals surface area contributed by atoms with Crippen LogP contribution in [-0.2, 0) is 17.8 Å². The summed E-state index contributed by atoms with van der Waals surface area (Å²) in [5.41, 5.74) is 2.95.